The van der Waals surface area contributed by atoms with Crippen LogP contribution in [0.1, 0.15) is 15.9 Å². The average molecular weight is 715 g/mol. The van der Waals surface area contributed by atoms with Crippen LogP contribution in [0.2, 0.25) is 0 Å². The Bertz CT molecular complexity index is 1930. The number of nitrogens with zero attached hydrogens (tertiary/aromatic N) is 2. The SMILES string of the molecule is O=C(CSc1cccc(NC(=O)/C(=C/c2ccc(Br)cc2)NC(=O)c2ccccc2)c1)Nc1nc(-c2cccc([N+](=O)[O-])c2)cs1. The number of benzene rings is 4. The molecule has 230 valence electrons. The van der Waals surface area contributed by atoms with E-state index in [1.807, 2.05) is 30.3 Å². The third kappa shape index (κ3) is 8.97. The summed E-state index contributed by atoms with van der Waals surface area (Å²) in [4.78, 5) is 54.7. The number of nitrogens with one attached hydrogen (secondary N) is 3. The number of hydrogen-bond donors (Lipinski definition) is 3. The Kier molecular flexibility index (Phi) is 10.7. The van der Waals surface area contributed by atoms with Crippen molar-refractivity contribution in [3.63, 3.8) is 0 Å². The van der Waals surface area contributed by atoms with E-state index < -0.39 is 16.7 Å². The van der Waals surface area contributed by atoms with Gasteiger partial charge in [0.1, 0.15) is 5.70 Å². The molecule has 0 radical (unpaired) electrons. The molecule has 0 saturated carbocycles. The molecule has 46 heavy (non-hydrogen) atoms. The standard InChI is InChI=1S/C33H24BrN5O5S2/c34-24-14-12-21(13-15-24)16-28(36-31(41)22-6-2-1-3-7-22)32(42)35-25-9-5-11-27(18-25)45-20-30(40)38-33-37-29(19-46-33)23-8-4-10-26(17-23)39(43)44/h1-19H,20H2,(H,35,42)(H,36,41)(H,37,38,40)/b28-16-. The highest BCUT2D eigenvalue weighted by Crippen LogP contribution is 2.28. The first-order valence-electron chi connectivity index (χ1n) is 13.6. The Morgan fingerprint density at radius 2 is 1.67 bits per heavy atom. The molecule has 0 aliphatic carbocycles. The molecule has 3 N–H and O–H groups in total. The fourth-order valence-electron chi connectivity index (χ4n) is 4.08. The first kappa shape index (κ1) is 32.3. The molecule has 0 aliphatic heterocycles. The summed E-state index contributed by atoms with van der Waals surface area (Å²) in [5.74, 6) is -1.16. The van der Waals surface area contributed by atoms with Crippen molar-refractivity contribution in [1.82, 2.24) is 10.3 Å². The van der Waals surface area contributed by atoms with Crippen LogP contribution in [-0.4, -0.2) is 33.4 Å². The Morgan fingerprint density at radius 3 is 2.43 bits per heavy atom. The highest BCUT2D eigenvalue weighted by atomic mass is 79.9. The van der Waals surface area contributed by atoms with E-state index in [1.54, 1.807) is 72.1 Å². The van der Waals surface area contributed by atoms with Gasteiger partial charge in [0.15, 0.2) is 5.13 Å². The molecule has 4 aromatic carbocycles. The Labute approximate surface area is 280 Å². The van der Waals surface area contributed by atoms with E-state index in [2.05, 4.69) is 36.9 Å². The average Bonchev–Trinajstić information content (AvgIpc) is 3.53. The molecule has 0 fully saturated rings. The number of non-ortho nitro benzene ring substituents is 1. The predicted molar refractivity (Wildman–Crippen MR) is 185 cm³/mol. The number of nitro benzene ring substituents is 1. The lowest BCUT2D eigenvalue weighted by atomic mass is 10.1. The maximum atomic E-state index is 13.4. The molecular formula is C33H24BrN5O5S2. The van der Waals surface area contributed by atoms with Gasteiger partial charge in [-0.15, -0.1) is 23.1 Å². The van der Waals surface area contributed by atoms with Gasteiger partial charge in [0.05, 0.1) is 16.4 Å². The van der Waals surface area contributed by atoms with Gasteiger partial charge < -0.3 is 16.0 Å². The van der Waals surface area contributed by atoms with Crippen molar-refractivity contribution < 1.29 is 19.3 Å². The molecule has 1 aromatic heterocycles. The van der Waals surface area contributed by atoms with Crippen molar-refractivity contribution >= 4 is 79.3 Å². The van der Waals surface area contributed by atoms with Gasteiger partial charge >= 0.3 is 0 Å². The lowest BCUT2D eigenvalue weighted by Gasteiger charge is -2.12. The number of nitro groups is 1. The van der Waals surface area contributed by atoms with E-state index in [0.29, 0.717) is 27.6 Å². The molecule has 10 nitrogen and oxygen atoms in total. The predicted octanol–water partition coefficient (Wildman–Crippen LogP) is 7.62. The first-order chi connectivity index (χ1) is 22.2. The number of anilines is 2. The van der Waals surface area contributed by atoms with Crippen molar-refractivity contribution in [2.75, 3.05) is 16.4 Å². The molecule has 0 bridgehead atoms. The van der Waals surface area contributed by atoms with Gasteiger partial charge in [0.2, 0.25) is 5.91 Å². The number of hydrogen-bond acceptors (Lipinski definition) is 8. The van der Waals surface area contributed by atoms with Crippen molar-refractivity contribution in [2.45, 2.75) is 4.90 Å². The minimum absolute atomic E-state index is 0.0420. The van der Waals surface area contributed by atoms with Crippen LogP contribution in [0, 0.1) is 10.1 Å². The number of rotatable bonds is 11. The number of thiazole rings is 1. The quantitative estimate of drug-likeness (QED) is 0.0553. The van der Waals surface area contributed by atoms with Gasteiger partial charge in [-0.25, -0.2) is 4.98 Å². The third-order valence-electron chi connectivity index (χ3n) is 6.27. The van der Waals surface area contributed by atoms with Crippen LogP contribution in [-0.2, 0) is 9.59 Å². The number of aromatic nitrogens is 1. The second kappa shape index (κ2) is 15.3. The minimum Gasteiger partial charge on any atom is -0.321 e. The maximum Gasteiger partial charge on any atom is 0.272 e. The van der Waals surface area contributed by atoms with E-state index in [0.717, 1.165) is 14.9 Å². The van der Waals surface area contributed by atoms with Crippen molar-refractivity contribution in [1.29, 1.82) is 0 Å². The summed E-state index contributed by atoms with van der Waals surface area (Å²) in [6.07, 6.45) is 1.59. The molecule has 5 rings (SSSR count). The molecule has 0 saturated heterocycles. The molecule has 0 aliphatic rings. The number of carbonyl (C=O) groups excluding carboxylic acids is 3. The maximum absolute atomic E-state index is 13.4. The molecular weight excluding hydrogens is 690 g/mol. The van der Waals surface area contributed by atoms with Crippen LogP contribution in [0.25, 0.3) is 17.3 Å². The summed E-state index contributed by atoms with van der Waals surface area (Å²) in [5, 5.41) is 21.5. The normalized spacial score (nSPS) is 11.0. The highest BCUT2D eigenvalue weighted by molar-refractivity contribution is 9.10. The molecule has 5 aromatic rings. The zero-order chi connectivity index (χ0) is 32.5. The fourth-order valence-corrected chi connectivity index (χ4v) is 5.83. The number of carbonyl (C=O) groups is 3. The molecule has 0 atom stereocenters. The zero-order valence-corrected chi connectivity index (χ0v) is 27.0. The van der Waals surface area contributed by atoms with Crippen LogP contribution < -0.4 is 16.0 Å². The summed E-state index contributed by atoms with van der Waals surface area (Å²) in [6.45, 7) is 0. The zero-order valence-electron chi connectivity index (χ0n) is 23.8. The van der Waals surface area contributed by atoms with Crippen LogP contribution in [0.4, 0.5) is 16.5 Å². The van der Waals surface area contributed by atoms with Crippen LogP contribution in [0.15, 0.2) is 124 Å². The van der Waals surface area contributed by atoms with Gasteiger partial charge in [0.25, 0.3) is 17.5 Å². The Morgan fingerprint density at radius 1 is 0.913 bits per heavy atom. The molecule has 0 unspecified atom stereocenters. The fraction of sp³-hybridized carbons (Fsp3) is 0.0303. The van der Waals surface area contributed by atoms with Crippen LogP contribution in [0.3, 0.4) is 0 Å². The van der Waals surface area contributed by atoms with E-state index in [-0.39, 0.29) is 23.0 Å². The molecule has 1 heterocycles. The Balaban J connectivity index is 1.22. The van der Waals surface area contributed by atoms with Gasteiger partial charge in [-0.3, -0.25) is 24.5 Å². The summed E-state index contributed by atoms with van der Waals surface area (Å²) in [5.41, 5.74) is 2.72. The first-order valence-corrected chi connectivity index (χ1v) is 16.3. The van der Waals surface area contributed by atoms with Gasteiger partial charge in [-0.2, -0.15) is 0 Å². The second-order valence-corrected chi connectivity index (χ2v) is 12.4. The van der Waals surface area contributed by atoms with Crippen molar-refractivity contribution in [2.24, 2.45) is 0 Å². The summed E-state index contributed by atoms with van der Waals surface area (Å²) < 4.78 is 0.879. The largest absolute Gasteiger partial charge is 0.321 e. The second-order valence-electron chi connectivity index (χ2n) is 9.59. The smallest absolute Gasteiger partial charge is 0.272 e. The van der Waals surface area contributed by atoms with Gasteiger partial charge in [-0.1, -0.05) is 64.5 Å². The summed E-state index contributed by atoms with van der Waals surface area (Å²) in [7, 11) is 0. The van der Waals surface area contributed by atoms with Crippen molar-refractivity contribution in [3.05, 3.63) is 140 Å². The van der Waals surface area contributed by atoms with E-state index in [9.17, 15) is 24.5 Å². The third-order valence-corrected chi connectivity index (χ3v) is 8.56. The van der Waals surface area contributed by atoms with Gasteiger partial charge in [-0.05, 0) is 54.1 Å². The van der Waals surface area contributed by atoms with E-state index >= 15 is 0 Å². The number of halogens is 1. The van der Waals surface area contributed by atoms with E-state index in [1.165, 1.54) is 35.2 Å². The van der Waals surface area contributed by atoms with Crippen molar-refractivity contribution in [3.8, 4) is 11.3 Å². The molecule has 3 amide bonds. The minimum atomic E-state index is -0.518. The highest BCUT2D eigenvalue weighted by Gasteiger charge is 2.16. The number of thioether (sulfide) groups is 1. The Hall–Kier alpha value is -5.11. The number of amides is 3. The molecule has 0 spiro atoms. The van der Waals surface area contributed by atoms with E-state index in [4.69, 9.17) is 0 Å². The van der Waals surface area contributed by atoms with Crippen LogP contribution >= 0.6 is 39.0 Å². The lowest BCUT2D eigenvalue weighted by molar-refractivity contribution is -0.384. The van der Waals surface area contributed by atoms with Crippen LogP contribution in [0.5, 0.6) is 0 Å². The monoisotopic (exact) mass is 713 g/mol. The topological polar surface area (TPSA) is 143 Å². The summed E-state index contributed by atoms with van der Waals surface area (Å²) in [6, 6.07) is 29.0. The lowest BCUT2D eigenvalue weighted by Crippen LogP contribution is -2.30. The molecule has 13 heteroatoms. The van der Waals surface area contributed by atoms with Gasteiger partial charge in [0, 0.05) is 43.7 Å². The summed E-state index contributed by atoms with van der Waals surface area (Å²) >= 11 is 5.88.